The van der Waals surface area contributed by atoms with Gasteiger partial charge in [-0.25, -0.2) is 4.79 Å². The molecule has 1 aliphatic heterocycles. The molecule has 2 atom stereocenters. The number of hydrogen-bond donors (Lipinski definition) is 0. The van der Waals surface area contributed by atoms with Gasteiger partial charge in [0.1, 0.15) is 6.10 Å². The lowest BCUT2D eigenvalue weighted by Gasteiger charge is -1.86. The summed E-state index contributed by atoms with van der Waals surface area (Å²) < 4.78 is 9.40. The van der Waals surface area contributed by atoms with Gasteiger partial charge in [-0.05, 0) is 13.0 Å². The van der Waals surface area contributed by atoms with Crippen molar-refractivity contribution in [2.45, 2.75) is 19.1 Å². The zero-order valence-corrected chi connectivity index (χ0v) is 6.03. The number of hydrogen-bond acceptors (Lipinski definition) is 3. The summed E-state index contributed by atoms with van der Waals surface area (Å²) in [6.45, 7) is 1.95. The van der Waals surface area contributed by atoms with Crippen molar-refractivity contribution in [2.75, 3.05) is 7.11 Å². The van der Waals surface area contributed by atoms with E-state index in [1.165, 1.54) is 13.2 Å². The first-order valence-electron chi connectivity index (χ1n) is 3.15. The SMILES string of the molecule is COC(=O)C=C[C@H]1O[C@@H]1C. The summed E-state index contributed by atoms with van der Waals surface area (Å²) in [6.07, 6.45) is 3.48. The van der Waals surface area contributed by atoms with Gasteiger partial charge in [0.15, 0.2) is 0 Å². The molecule has 0 unspecified atom stereocenters. The Labute approximate surface area is 59.6 Å². The van der Waals surface area contributed by atoms with Gasteiger partial charge in [-0.3, -0.25) is 0 Å². The van der Waals surface area contributed by atoms with Crippen LogP contribution in [0.3, 0.4) is 0 Å². The molecule has 0 aromatic rings. The Hall–Kier alpha value is -0.830. The molecule has 0 spiro atoms. The number of ether oxygens (including phenoxy) is 2. The number of carbonyl (C=O) groups is 1. The van der Waals surface area contributed by atoms with Crippen LogP contribution in [-0.2, 0) is 14.3 Å². The summed E-state index contributed by atoms with van der Waals surface area (Å²) >= 11 is 0. The monoisotopic (exact) mass is 142 g/mol. The van der Waals surface area contributed by atoms with Crippen LogP contribution in [0, 0.1) is 0 Å². The Morgan fingerprint density at radius 1 is 1.70 bits per heavy atom. The largest absolute Gasteiger partial charge is 0.466 e. The molecule has 0 N–H and O–H groups in total. The van der Waals surface area contributed by atoms with E-state index >= 15 is 0 Å². The first-order chi connectivity index (χ1) is 4.74. The molecule has 0 radical (unpaired) electrons. The van der Waals surface area contributed by atoms with E-state index in [0.717, 1.165) is 0 Å². The second kappa shape index (κ2) is 2.84. The number of carbonyl (C=O) groups excluding carboxylic acids is 1. The number of rotatable bonds is 2. The fraction of sp³-hybridized carbons (Fsp3) is 0.571. The number of esters is 1. The van der Waals surface area contributed by atoms with E-state index in [1.54, 1.807) is 6.08 Å². The summed E-state index contributed by atoms with van der Waals surface area (Å²) in [6, 6.07) is 0. The van der Waals surface area contributed by atoms with Crippen LogP contribution in [0.25, 0.3) is 0 Å². The second-order valence-electron chi connectivity index (χ2n) is 2.19. The fourth-order valence-corrected chi connectivity index (χ4v) is 0.646. The lowest BCUT2D eigenvalue weighted by atomic mass is 10.3. The molecular formula is C7H10O3. The van der Waals surface area contributed by atoms with Gasteiger partial charge in [0.25, 0.3) is 0 Å². The van der Waals surface area contributed by atoms with Crippen molar-refractivity contribution in [3.8, 4) is 0 Å². The van der Waals surface area contributed by atoms with E-state index in [9.17, 15) is 4.79 Å². The Morgan fingerprint density at radius 2 is 2.30 bits per heavy atom. The molecule has 0 aromatic heterocycles. The van der Waals surface area contributed by atoms with Gasteiger partial charge in [-0.2, -0.15) is 0 Å². The molecule has 3 nitrogen and oxygen atoms in total. The van der Waals surface area contributed by atoms with Crippen LogP contribution in [0.4, 0.5) is 0 Å². The Kier molecular flexibility index (Phi) is 2.06. The highest BCUT2D eigenvalue weighted by Gasteiger charge is 2.31. The molecule has 1 heterocycles. The van der Waals surface area contributed by atoms with Gasteiger partial charge in [0, 0.05) is 6.08 Å². The van der Waals surface area contributed by atoms with E-state index in [2.05, 4.69) is 4.74 Å². The van der Waals surface area contributed by atoms with Crippen molar-refractivity contribution < 1.29 is 14.3 Å². The van der Waals surface area contributed by atoms with E-state index in [-0.39, 0.29) is 18.2 Å². The van der Waals surface area contributed by atoms with Gasteiger partial charge < -0.3 is 9.47 Å². The van der Waals surface area contributed by atoms with Gasteiger partial charge in [-0.1, -0.05) is 0 Å². The molecular weight excluding hydrogens is 132 g/mol. The summed E-state index contributed by atoms with van der Waals surface area (Å²) in [5.41, 5.74) is 0. The first-order valence-corrected chi connectivity index (χ1v) is 3.15. The summed E-state index contributed by atoms with van der Waals surface area (Å²) in [4.78, 5) is 10.5. The van der Waals surface area contributed by atoms with Crippen LogP contribution >= 0.6 is 0 Å². The number of methoxy groups -OCH3 is 1. The molecule has 1 aliphatic rings. The van der Waals surface area contributed by atoms with Crippen LogP contribution < -0.4 is 0 Å². The third-order valence-corrected chi connectivity index (χ3v) is 1.38. The minimum absolute atomic E-state index is 0.124. The maximum Gasteiger partial charge on any atom is 0.330 e. The predicted octanol–water partition coefficient (Wildman–Crippen LogP) is 0.503. The second-order valence-corrected chi connectivity index (χ2v) is 2.19. The average Bonchev–Trinajstić information content (AvgIpc) is 2.61. The lowest BCUT2D eigenvalue weighted by molar-refractivity contribution is -0.134. The zero-order valence-electron chi connectivity index (χ0n) is 6.03. The molecule has 1 rings (SSSR count). The highest BCUT2D eigenvalue weighted by Crippen LogP contribution is 2.21. The predicted molar refractivity (Wildman–Crippen MR) is 35.5 cm³/mol. The maximum atomic E-state index is 10.5. The summed E-state index contributed by atoms with van der Waals surface area (Å²) in [7, 11) is 1.35. The minimum atomic E-state index is -0.331. The van der Waals surface area contributed by atoms with E-state index < -0.39 is 0 Å². The lowest BCUT2D eigenvalue weighted by Crippen LogP contribution is -1.95. The molecule has 3 heteroatoms. The molecule has 0 amide bonds. The van der Waals surface area contributed by atoms with Crippen LogP contribution in [0.1, 0.15) is 6.92 Å². The highest BCUT2D eigenvalue weighted by molar-refractivity contribution is 5.81. The van der Waals surface area contributed by atoms with Gasteiger partial charge in [0.05, 0.1) is 13.2 Å². The molecule has 0 aromatic carbocycles. The van der Waals surface area contributed by atoms with Crippen molar-refractivity contribution in [3.05, 3.63) is 12.2 Å². The third kappa shape index (κ3) is 1.84. The molecule has 1 fully saturated rings. The van der Waals surface area contributed by atoms with Crippen LogP contribution in [0.2, 0.25) is 0 Å². The Balaban J connectivity index is 2.23. The standard InChI is InChI=1S/C7H10O3/c1-5-6(10-5)3-4-7(8)9-2/h3-6H,1-2H3/t5-,6-/m1/s1. The molecule has 0 aliphatic carbocycles. The number of epoxide rings is 1. The quantitative estimate of drug-likeness (QED) is 0.320. The van der Waals surface area contributed by atoms with E-state index in [0.29, 0.717) is 0 Å². The van der Waals surface area contributed by atoms with E-state index in [1.807, 2.05) is 6.92 Å². The Bertz CT molecular complexity index is 162. The third-order valence-electron chi connectivity index (χ3n) is 1.38. The van der Waals surface area contributed by atoms with Crippen LogP contribution in [0.5, 0.6) is 0 Å². The van der Waals surface area contributed by atoms with Crippen molar-refractivity contribution in [3.63, 3.8) is 0 Å². The normalized spacial score (nSPS) is 30.6. The topological polar surface area (TPSA) is 38.8 Å². The van der Waals surface area contributed by atoms with Crippen molar-refractivity contribution in [1.29, 1.82) is 0 Å². The molecule has 1 saturated heterocycles. The smallest absolute Gasteiger partial charge is 0.330 e. The minimum Gasteiger partial charge on any atom is -0.466 e. The van der Waals surface area contributed by atoms with Crippen LogP contribution in [-0.4, -0.2) is 25.3 Å². The van der Waals surface area contributed by atoms with Crippen molar-refractivity contribution >= 4 is 5.97 Å². The average molecular weight is 142 g/mol. The zero-order chi connectivity index (χ0) is 7.56. The Morgan fingerprint density at radius 3 is 2.70 bits per heavy atom. The highest BCUT2D eigenvalue weighted by atomic mass is 16.6. The van der Waals surface area contributed by atoms with Crippen molar-refractivity contribution in [2.24, 2.45) is 0 Å². The van der Waals surface area contributed by atoms with Crippen molar-refractivity contribution in [1.82, 2.24) is 0 Å². The van der Waals surface area contributed by atoms with Gasteiger partial charge in [-0.15, -0.1) is 0 Å². The fourth-order valence-electron chi connectivity index (χ4n) is 0.646. The van der Waals surface area contributed by atoms with Crippen LogP contribution in [0.15, 0.2) is 12.2 Å². The molecule has 0 saturated carbocycles. The first kappa shape index (κ1) is 7.28. The van der Waals surface area contributed by atoms with Gasteiger partial charge >= 0.3 is 5.97 Å². The molecule has 0 bridgehead atoms. The van der Waals surface area contributed by atoms with E-state index in [4.69, 9.17) is 4.74 Å². The summed E-state index contributed by atoms with van der Waals surface area (Å²) in [5, 5.41) is 0. The molecule has 10 heavy (non-hydrogen) atoms. The maximum absolute atomic E-state index is 10.5. The molecule has 56 valence electrons. The van der Waals surface area contributed by atoms with Gasteiger partial charge in [0.2, 0.25) is 0 Å². The summed E-state index contributed by atoms with van der Waals surface area (Å²) in [5.74, 6) is -0.331.